The molecule has 0 aliphatic heterocycles. The molecule has 37 heavy (non-hydrogen) atoms. The van der Waals surface area contributed by atoms with Crippen molar-refractivity contribution in [2.24, 2.45) is 0 Å². The van der Waals surface area contributed by atoms with Gasteiger partial charge in [0.2, 0.25) is 5.78 Å². The molecule has 9 nitrogen and oxygen atoms in total. The molecule has 0 bridgehead atoms. The first-order valence-corrected chi connectivity index (χ1v) is 11.8. The van der Waals surface area contributed by atoms with E-state index in [2.05, 4.69) is 15.6 Å². The second-order valence-electron chi connectivity index (χ2n) is 10.1. The van der Waals surface area contributed by atoms with Crippen molar-refractivity contribution in [2.45, 2.75) is 72.5 Å². The van der Waals surface area contributed by atoms with Crippen molar-refractivity contribution in [3.8, 4) is 5.75 Å². The van der Waals surface area contributed by atoms with Crippen LogP contribution < -0.4 is 15.4 Å². The quantitative estimate of drug-likeness (QED) is 0.302. The highest BCUT2D eigenvalue weighted by molar-refractivity contribution is 6.15. The molecule has 2 amide bonds. The number of unbranched alkanes of at least 4 members (excludes halogenated alkanes) is 1. The third-order valence-corrected chi connectivity index (χ3v) is 4.40. The monoisotopic (exact) mass is 521 g/mol. The molecular weight excluding hydrogens is 488 g/mol. The number of rotatable bonds is 8. The Hall–Kier alpha value is -3.76. The predicted molar refractivity (Wildman–Crippen MR) is 134 cm³/mol. The highest BCUT2D eigenvalue weighted by atomic mass is 19.1. The van der Waals surface area contributed by atoms with Crippen LogP contribution in [0.4, 0.5) is 30.0 Å². The van der Waals surface area contributed by atoms with E-state index < -0.39 is 57.8 Å². The van der Waals surface area contributed by atoms with Crippen molar-refractivity contribution in [1.29, 1.82) is 0 Å². The molecule has 0 atom stereocenters. The number of pyridine rings is 1. The van der Waals surface area contributed by atoms with Crippen LogP contribution in [0.3, 0.4) is 0 Å². The van der Waals surface area contributed by atoms with Gasteiger partial charge < -0.3 is 14.2 Å². The van der Waals surface area contributed by atoms with Crippen LogP contribution in [0.2, 0.25) is 0 Å². The zero-order valence-corrected chi connectivity index (χ0v) is 22.1. The van der Waals surface area contributed by atoms with E-state index in [-0.39, 0.29) is 18.2 Å². The van der Waals surface area contributed by atoms with Gasteiger partial charge in [0.1, 0.15) is 40.0 Å². The molecule has 0 unspecified atom stereocenters. The molecule has 2 rings (SSSR count). The Kier molecular flexibility index (Phi) is 9.55. The summed E-state index contributed by atoms with van der Waals surface area (Å²) in [6, 6.07) is 4.19. The first kappa shape index (κ1) is 29.5. The number of nitrogens with zero attached hydrogens (tertiary/aromatic N) is 1. The van der Waals surface area contributed by atoms with Crippen LogP contribution in [-0.2, 0) is 9.47 Å². The molecule has 0 spiro atoms. The van der Waals surface area contributed by atoms with E-state index in [0.29, 0.717) is 6.42 Å². The van der Waals surface area contributed by atoms with Crippen molar-refractivity contribution in [3.63, 3.8) is 0 Å². The lowest BCUT2D eigenvalue weighted by Gasteiger charge is -2.22. The van der Waals surface area contributed by atoms with Gasteiger partial charge in [-0.3, -0.25) is 15.4 Å². The Labute approximate surface area is 214 Å². The molecule has 0 aliphatic carbocycles. The molecule has 0 saturated carbocycles. The highest BCUT2D eigenvalue weighted by Crippen LogP contribution is 2.33. The van der Waals surface area contributed by atoms with Crippen molar-refractivity contribution in [3.05, 3.63) is 47.0 Å². The number of amides is 2. The molecule has 2 aromatic rings. The van der Waals surface area contributed by atoms with Gasteiger partial charge in [-0.2, -0.15) is 0 Å². The van der Waals surface area contributed by atoms with E-state index in [1.54, 1.807) is 41.5 Å². The molecule has 1 heterocycles. The van der Waals surface area contributed by atoms with Crippen LogP contribution in [0.5, 0.6) is 5.75 Å². The van der Waals surface area contributed by atoms with Gasteiger partial charge in [0.15, 0.2) is 5.82 Å². The Balaban J connectivity index is 2.67. The summed E-state index contributed by atoms with van der Waals surface area (Å²) in [6.07, 6.45) is -0.505. The molecular formula is C26H33F2N3O6. The van der Waals surface area contributed by atoms with Crippen molar-refractivity contribution < 1.29 is 37.4 Å². The van der Waals surface area contributed by atoms with Gasteiger partial charge in [-0.1, -0.05) is 19.4 Å². The van der Waals surface area contributed by atoms with Gasteiger partial charge in [-0.25, -0.2) is 23.4 Å². The fourth-order valence-corrected chi connectivity index (χ4v) is 2.98. The number of hydrogen-bond acceptors (Lipinski definition) is 7. The van der Waals surface area contributed by atoms with Crippen LogP contribution >= 0.6 is 0 Å². The summed E-state index contributed by atoms with van der Waals surface area (Å²) in [7, 11) is 0. The van der Waals surface area contributed by atoms with E-state index in [9.17, 15) is 23.2 Å². The van der Waals surface area contributed by atoms with Gasteiger partial charge >= 0.3 is 12.2 Å². The van der Waals surface area contributed by atoms with E-state index in [1.165, 1.54) is 6.07 Å². The van der Waals surface area contributed by atoms with Gasteiger partial charge in [0.25, 0.3) is 0 Å². The maximum Gasteiger partial charge on any atom is 0.413 e. The van der Waals surface area contributed by atoms with Gasteiger partial charge in [0.05, 0.1) is 12.2 Å². The Bertz CT molecular complexity index is 1140. The number of ketones is 1. The third kappa shape index (κ3) is 9.00. The second kappa shape index (κ2) is 12.0. The summed E-state index contributed by atoms with van der Waals surface area (Å²) in [5.41, 5.74) is -3.00. The van der Waals surface area contributed by atoms with Gasteiger partial charge in [-0.15, -0.1) is 0 Å². The lowest BCUT2D eigenvalue weighted by Crippen LogP contribution is -2.29. The van der Waals surface area contributed by atoms with Crippen LogP contribution in [0.1, 0.15) is 77.2 Å². The fourth-order valence-electron chi connectivity index (χ4n) is 2.98. The molecule has 0 radical (unpaired) electrons. The number of benzene rings is 1. The Morgan fingerprint density at radius 3 is 1.95 bits per heavy atom. The van der Waals surface area contributed by atoms with Crippen molar-refractivity contribution >= 4 is 29.6 Å². The van der Waals surface area contributed by atoms with Crippen LogP contribution in [-0.4, -0.2) is 40.8 Å². The average Bonchev–Trinajstić information content (AvgIpc) is 2.70. The maximum absolute atomic E-state index is 14.5. The summed E-state index contributed by atoms with van der Waals surface area (Å²) < 4.78 is 45.3. The second-order valence-corrected chi connectivity index (χ2v) is 10.1. The van der Waals surface area contributed by atoms with Crippen molar-refractivity contribution in [2.75, 3.05) is 17.2 Å². The number of ether oxygens (including phenoxy) is 3. The average molecular weight is 522 g/mol. The Morgan fingerprint density at radius 2 is 1.43 bits per heavy atom. The number of carbonyl (C=O) groups excluding carboxylic acids is 3. The summed E-state index contributed by atoms with van der Waals surface area (Å²) in [5.74, 6) is -4.07. The van der Waals surface area contributed by atoms with Crippen LogP contribution in [0.15, 0.2) is 24.3 Å². The van der Waals surface area contributed by atoms with Gasteiger partial charge in [0, 0.05) is 6.07 Å². The van der Waals surface area contributed by atoms with Crippen LogP contribution in [0, 0.1) is 11.6 Å². The number of halogens is 2. The molecule has 2 N–H and O–H groups in total. The molecule has 0 aliphatic rings. The standard InChI is InChI=1S/C26H33F2N3O6/c1-8-9-13-35-17-14-18(30-23(33)36-25(2,3)4)29-22(31-24(34)37-26(5,6)7)20(17)21(32)19-15(27)11-10-12-16(19)28/h10-12,14H,8-9,13H2,1-7H3,(H2,29,30,31,33,34). The lowest BCUT2D eigenvalue weighted by atomic mass is 10.0. The zero-order chi connectivity index (χ0) is 28.0. The summed E-state index contributed by atoms with van der Waals surface area (Å²) in [5, 5.41) is 4.76. The number of nitrogens with one attached hydrogen (secondary N) is 2. The van der Waals surface area contributed by atoms with E-state index >= 15 is 0 Å². The molecule has 1 aromatic heterocycles. The zero-order valence-electron chi connectivity index (χ0n) is 22.1. The third-order valence-electron chi connectivity index (χ3n) is 4.40. The smallest absolute Gasteiger partial charge is 0.413 e. The number of hydrogen-bond donors (Lipinski definition) is 2. The predicted octanol–water partition coefficient (Wildman–Crippen LogP) is 6.46. The lowest BCUT2D eigenvalue weighted by molar-refractivity contribution is 0.0625. The maximum atomic E-state index is 14.5. The highest BCUT2D eigenvalue weighted by Gasteiger charge is 2.29. The Morgan fingerprint density at radius 1 is 0.892 bits per heavy atom. The first-order chi connectivity index (χ1) is 17.1. The van der Waals surface area contributed by atoms with E-state index in [0.717, 1.165) is 24.6 Å². The summed E-state index contributed by atoms with van der Waals surface area (Å²) >= 11 is 0. The van der Waals surface area contributed by atoms with Crippen molar-refractivity contribution in [1.82, 2.24) is 4.98 Å². The van der Waals surface area contributed by atoms with E-state index in [4.69, 9.17) is 14.2 Å². The van der Waals surface area contributed by atoms with E-state index in [1.807, 2.05) is 6.92 Å². The SMILES string of the molecule is CCCCOc1cc(NC(=O)OC(C)(C)C)nc(NC(=O)OC(C)(C)C)c1C(=O)c1c(F)cccc1F. The largest absolute Gasteiger partial charge is 0.493 e. The normalized spacial score (nSPS) is 11.5. The molecule has 11 heteroatoms. The molecule has 202 valence electrons. The first-order valence-electron chi connectivity index (χ1n) is 11.8. The number of anilines is 2. The fraction of sp³-hybridized carbons (Fsp3) is 0.462. The minimum Gasteiger partial charge on any atom is -0.493 e. The number of carbonyl (C=O) groups is 3. The summed E-state index contributed by atoms with van der Waals surface area (Å²) in [6.45, 7) is 11.9. The van der Waals surface area contributed by atoms with Crippen LogP contribution in [0.25, 0.3) is 0 Å². The molecule has 1 aromatic carbocycles. The minimum absolute atomic E-state index is 0.137. The summed E-state index contributed by atoms with van der Waals surface area (Å²) in [4.78, 5) is 42.5. The number of aromatic nitrogens is 1. The topological polar surface area (TPSA) is 116 Å². The van der Waals surface area contributed by atoms with Gasteiger partial charge in [-0.05, 0) is 60.1 Å². The molecule has 0 saturated heterocycles. The molecule has 0 fully saturated rings. The minimum atomic E-state index is -1.12.